The molecule has 2 aromatic carbocycles. The molecule has 0 saturated heterocycles. The van der Waals surface area contributed by atoms with Crippen molar-refractivity contribution >= 4 is 35.1 Å². The number of carbonyl (C=O) groups is 1. The minimum atomic E-state index is -0.0599. The van der Waals surface area contributed by atoms with Crippen molar-refractivity contribution in [2.24, 2.45) is 0 Å². The molecule has 2 aromatic rings. The van der Waals surface area contributed by atoms with Gasteiger partial charge in [-0.2, -0.15) is 0 Å². The number of rotatable bonds is 4. The first-order valence-electron chi connectivity index (χ1n) is 6.24. The number of carbonyl (C=O) groups excluding carboxylic acids is 1. The molecule has 0 fully saturated rings. The summed E-state index contributed by atoms with van der Waals surface area (Å²) in [6.07, 6.45) is 4.04. The molecule has 0 saturated carbocycles. The van der Waals surface area contributed by atoms with Crippen LogP contribution in [0.25, 0.3) is 0 Å². The van der Waals surface area contributed by atoms with Crippen molar-refractivity contribution in [1.82, 2.24) is 0 Å². The summed E-state index contributed by atoms with van der Waals surface area (Å²) in [5.41, 5.74) is 2.54. The summed E-state index contributed by atoms with van der Waals surface area (Å²) >= 11 is 3.32. The van der Waals surface area contributed by atoms with Gasteiger partial charge < -0.3 is 5.32 Å². The number of benzene rings is 2. The van der Waals surface area contributed by atoms with Crippen molar-refractivity contribution in [2.45, 2.75) is 16.7 Å². The molecule has 1 amide bonds. The molecule has 104 valence electrons. The third-order valence-corrected chi connectivity index (χ3v) is 4.51. The highest BCUT2D eigenvalue weighted by Gasteiger charge is 2.10. The SMILES string of the molecule is CSc1ccc(NC(=O)c2cc(SC)ccc2C)cc1. The lowest BCUT2D eigenvalue weighted by molar-refractivity contribution is 0.102. The summed E-state index contributed by atoms with van der Waals surface area (Å²) in [4.78, 5) is 14.6. The summed E-state index contributed by atoms with van der Waals surface area (Å²) in [5.74, 6) is -0.0599. The van der Waals surface area contributed by atoms with E-state index >= 15 is 0 Å². The Morgan fingerprint density at radius 3 is 2.15 bits per heavy atom. The van der Waals surface area contributed by atoms with Gasteiger partial charge in [-0.15, -0.1) is 23.5 Å². The van der Waals surface area contributed by atoms with Gasteiger partial charge in [0.05, 0.1) is 0 Å². The van der Waals surface area contributed by atoms with E-state index < -0.39 is 0 Å². The van der Waals surface area contributed by atoms with Gasteiger partial charge in [-0.3, -0.25) is 4.79 Å². The average molecular weight is 303 g/mol. The zero-order valence-corrected chi connectivity index (χ0v) is 13.4. The zero-order valence-electron chi connectivity index (χ0n) is 11.8. The molecule has 0 atom stereocenters. The third-order valence-electron chi connectivity index (χ3n) is 3.04. The van der Waals surface area contributed by atoms with Crippen LogP contribution in [0.15, 0.2) is 52.3 Å². The average Bonchev–Trinajstić information content (AvgIpc) is 2.48. The fourth-order valence-electron chi connectivity index (χ4n) is 1.85. The first-order valence-corrected chi connectivity index (χ1v) is 8.69. The molecule has 0 heterocycles. The highest BCUT2D eigenvalue weighted by molar-refractivity contribution is 7.98. The van der Waals surface area contributed by atoms with E-state index in [1.54, 1.807) is 23.5 Å². The number of aryl methyl sites for hydroxylation is 1. The molecule has 0 aliphatic carbocycles. The van der Waals surface area contributed by atoms with Crippen molar-refractivity contribution in [2.75, 3.05) is 17.8 Å². The second-order valence-electron chi connectivity index (χ2n) is 4.36. The van der Waals surface area contributed by atoms with E-state index in [0.717, 1.165) is 21.7 Å². The second-order valence-corrected chi connectivity index (χ2v) is 6.12. The zero-order chi connectivity index (χ0) is 14.5. The molecule has 1 N–H and O–H groups in total. The molecule has 0 aliphatic heterocycles. The van der Waals surface area contributed by atoms with Crippen LogP contribution in [0.2, 0.25) is 0 Å². The third kappa shape index (κ3) is 3.58. The standard InChI is InChI=1S/C16H17NOS2/c1-11-4-7-14(20-3)10-15(11)16(18)17-12-5-8-13(19-2)9-6-12/h4-10H,1-3H3,(H,17,18). The highest BCUT2D eigenvalue weighted by atomic mass is 32.2. The molecule has 0 bridgehead atoms. The molecule has 0 aliphatic rings. The quantitative estimate of drug-likeness (QED) is 0.831. The molecule has 20 heavy (non-hydrogen) atoms. The Balaban J connectivity index is 2.18. The fourth-order valence-corrected chi connectivity index (χ4v) is 2.69. The molecule has 2 rings (SSSR count). The lowest BCUT2D eigenvalue weighted by Gasteiger charge is -2.09. The van der Waals surface area contributed by atoms with Crippen LogP contribution in [0.4, 0.5) is 5.69 Å². The maximum absolute atomic E-state index is 12.3. The summed E-state index contributed by atoms with van der Waals surface area (Å²) in [6, 6.07) is 13.8. The lowest BCUT2D eigenvalue weighted by atomic mass is 10.1. The van der Waals surface area contributed by atoms with E-state index in [4.69, 9.17) is 0 Å². The largest absolute Gasteiger partial charge is 0.322 e. The van der Waals surface area contributed by atoms with Crippen molar-refractivity contribution in [3.8, 4) is 0 Å². The Kier molecular flexibility index (Phi) is 5.15. The molecule has 2 nitrogen and oxygen atoms in total. The van der Waals surface area contributed by atoms with Crippen molar-refractivity contribution in [3.05, 3.63) is 53.6 Å². The molecule has 0 radical (unpaired) electrons. The van der Waals surface area contributed by atoms with Gasteiger partial charge in [-0.1, -0.05) is 6.07 Å². The van der Waals surface area contributed by atoms with Crippen LogP contribution in [0.5, 0.6) is 0 Å². The fraction of sp³-hybridized carbons (Fsp3) is 0.188. The maximum atomic E-state index is 12.3. The molecule has 0 unspecified atom stereocenters. The van der Waals surface area contributed by atoms with Gasteiger partial charge in [0.1, 0.15) is 0 Å². The minimum absolute atomic E-state index is 0.0599. The van der Waals surface area contributed by atoms with E-state index in [2.05, 4.69) is 5.32 Å². The van der Waals surface area contributed by atoms with Crippen molar-refractivity contribution in [1.29, 1.82) is 0 Å². The minimum Gasteiger partial charge on any atom is -0.322 e. The highest BCUT2D eigenvalue weighted by Crippen LogP contribution is 2.21. The van der Waals surface area contributed by atoms with Crippen molar-refractivity contribution in [3.63, 3.8) is 0 Å². The molecule has 4 heteroatoms. The summed E-state index contributed by atoms with van der Waals surface area (Å²) in [5, 5.41) is 2.94. The van der Waals surface area contributed by atoms with Crippen LogP contribution >= 0.6 is 23.5 Å². The summed E-state index contributed by atoms with van der Waals surface area (Å²) in [7, 11) is 0. The van der Waals surface area contributed by atoms with Gasteiger partial charge in [0.15, 0.2) is 0 Å². The van der Waals surface area contributed by atoms with E-state index in [1.165, 1.54) is 4.90 Å². The molecule has 0 spiro atoms. The van der Waals surface area contributed by atoms with E-state index in [9.17, 15) is 4.79 Å². The van der Waals surface area contributed by atoms with Crippen LogP contribution < -0.4 is 5.32 Å². The topological polar surface area (TPSA) is 29.1 Å². The van der Waals surface area contributed by atoms with Crippen LogP contribution in [0, 0.1) is 6.92 Å². The van der Waals surface area contributed by atoms with Crippen LogP contribution in [-0.4, -0.2) is 18.4 Å². The summed E-state index contributed by atoms with van der Waals surface area (Å²) < 4.78 is 0. The first kappa shape index (κ1) is 15.0. The number of hydrogen-bond acceptors (Lipinski definition) is 3. The lowest BCUT2D eigenvalue weighted by Crippen LogP contribution is -2.13. The Morgan fingerprint density at radius 1 is 0.950 bits per heavy atom. The predicted molar refractivity (Wildman–Crippen MR) is 89.1 cm³/mol. The number of hydrogen-bond donors (Lipinski definition) is 1. The Hall–Kier alpha value is -1.39. The number of amides is 1. The normalized spacial score (nSPS) is 10.3. The second kappa shape index (κ2) is 6.86. The Morgan fingerprint density at radius 2 is 1.55 bits per heavy atom. The van der Waals surface area contributed by atoms with Crippen molar-refractivity contribution < 1.29 is 4.79 Å². The van der Waals surface area contributed by atoms with Gasteiger partial charge >= 0.3 is 0 Å². The number of anilines is 1. The van der Waals surface area contributed by atoms with Gasteiger partial charge in [0, 0.05) is 21.0 Å². The monoisotopic (exact) mass is 303 g/mol. The van der Waals surface area contributed by atoms with E-state index in [0.29, 0.717) is 0 Å². The van der Waals surface area contributed by atoms with E-state index in [-0.39, 0.29) is 5.91 Å². The smallest absolute Gasteiger partial charge is 0.255 e. The van der Waals surface area contributed by atoms with Gasteiger partial charge in [-0.25, -0.2) is 0 Å². The van der Waals surface area contributed by atoms with Crippen LogP contribution in [0.3, 0.4) is 0 Å². The predicted octanol–water partition coefficient (Wildman–Crippen LogP) is 4.69. The number of thioether (sulfide) groups is 2. The Bertz CT molecular complexity index is 608. The maximum Gasteiger partial charge on any atom is 0.255 e. The molecular formula is C16H17NOS2. The van der Waals surface area contributed by atoms with Crippen LogP contribution in [0.1, 0.15) is 15.9 Å². The molecular weight excluding hydrogens is 286 g/mol. The van der Waals surface area contributed by atoms with Gasteiger partial charge in [-0.05, 0) is 61.4 Å². The Labute approximate surface area is 128 Å². The van der Waals surface area contributed by atoms with Gasteiger partial charge in [0.25, 0.3) is 5.91 Å². The molecule has 0 aromatic heterocycles. The van der Waals surface area contributed by atoms with Gasteiger partial charge in [0.2, 0.25) is 0 Å². The van der Waals surface area contributed by atoms with E-state index in [1.807, 2.05) is 61.9 Å². The van der Waals surface area contributed by atoms with Crippen LogP contribution in [-0.2, 0) is 0 Å². The summed E-state index contributed by atoms with van der Waals surface area (Å²) in [6.45, 7) is 1.95. The number of nitrogens with one attached hydrogen (secondary N) is 1. The first-order chi connectivity index (χ1) is 9.63.